The number of benzene rings is 5. The van der Waals surface area contributed by atoms with Crippen LogP contribution in [0.1, 0.15) is 261 Å². The van der Waals surface area contributed by atoms with E-state index >= 15 is 0 Å². The predicted molar refractivity (Wildman–Crippen MR) is 298 cm³/mol. The van der Waals surface area contributed by atoms with Crippen molar-refractivity contribution in [2.75, 3.05) is 13.1 Å². The zero-order valence-electron chi connectivity index (χ0n) is 42.4. The zero-order chi connectivity index (χ0) is 49.6. The summed E-state index contributed by atoms with van der Waals surface area (Å²) >= 11 is 28.9. The Morgan fingerprint density at radius 3 is 0.657 bits per heavy atom. The molecule has 2 aliphatic rings. The smallest absolute Gasteiger partial charge is 0.261 e. The van der Waals surface area contributed by atoms with Crippen LogP contribution in [0.15, 0.2) is 24.3 Å². The molecule has 0 unspecified atom stereocenters. The van der Waals surface area contributed by atoms with Gasteiger partial charge in [0.1, 0.15) is 0 Å². The molecular formula is C60H78Cl4N2O4. The first-order valence-electron chi connectivity index (χ1n) is 27.8. The van der Waals surface area contributed by atoms with Crippen molar-refractivity contribution in [1.82, 2.24) is 9.80 Å². The average molecular weight is 1030 g/mol. The second-order valence-corrected chi connectivity index (χ2v) is 22.4. The molecule has 0 aromatic heterocycles. The second-order valence-electron chi connectivity index (χ2n) is 20.8. The lowest BCUT2D eigenvalue weighted by Gasteiger charge is -2.31. The third kappa shape index (κ3) is 12.6. The molecular weight excluding hydrogens is 954 g/mol. The molecule has 0 atom stereocenters. The summed E-state index contributed by atoms with van der Waals surface area (Å²) in [6.45, 7) is 5.14. The lowest BCUT2D eigenvalue weighted by molar-refractivity contribution is 0.0592. The molecule has 0 N–H and O–H groups in total. The van der Waals surface area contributed by atoms with E-state index in [0.29, 0.717) is 91.3 Å². The number of imide groups is 2. The van der Waals surface area contributed by atoms with Gasteiger partial charge in [-0.1, -0.05) is 253 Å². The number of halogens is 4. The molecule has 0 radical (unpaired) electrons. The van der Waals surface area contributed by atoms with Crippen molar-refractivity contribution < 1.29 is 19.2 Å². The van der Waals surface area contributed by atoms with Crippen LogP contribution in [-0.4, -0.2) is 46.5 Å². The molecule has 0 saturated heterocycles. The summed E-state index contributed by atoms with van der Waals surface area (Å²) in [5.41, 5.74) is 1.29. The fraction of sp³-hybridized carbons (Fsp3) is 0.600. The average Bonchev–Trinajstić information content (AvgIpc) is 3.34. The lowest BCUT2D eigenvalue weighted by Crippen LogP contribution is -2.41. The van der Waals surface area contributed by atoms with E-state index in [1.165, 1.54) is 164 Å². The maximum atomic E-state index is 14.3. The van der Waals surface area contributed by atoms with Crippen molar-refractivity contribution >= 4 is 113 Å². The monoisotopic (exact) mass is 1030 g/mol. The van der Waals surface area contributed by atoms with Crippen molar-refractivity contribution in [2.45, 2.75) is 219 Å². The Hall–Kier alpha value is -3.16. The van der Waals surface area contributed by atoms with Gasteiger partial charge < -0.3 is 0 Å². The summed E-state index contributed by atoms with van der Waals surface area (Å²) in [7, 11) is 0. The van der Waals surface area contributed by atoms with Gasteiger partial charge in [-0.2, -0.15) is 0 Å². The molecule has 0 aliphatic carbocycles. The first-order chi connectivity index (χ1) is 34.1. The Morgan fingerprint density at radius 1 is 0.271 bits per heavy atom. The van der Waals surface area contributed by atoms with E-state index in [2.05, 4.69) is 13.8 Å². The summed E-state index contributed by atoms with van der Waals surface area (Å²) in [5, 5.41) is 4.97. The van der Waals surface area contributed by atoms with Crippen molar-refractivity contribution in [3.63, 3.8) is 0 Å². The number of hydrogen-bond donors (Lipinski definition) is 0. The normalized spacial score (nSPS) is 13.9. The number of amides is 4. The highest BCUT2D eigenvalue weighted by Crippen LogP contribution is 2.54. The Balaban J connectivity index is 0.971. The van der Waals surface area contributed by atoms with Gasteiger partial charge in [0, 0.05) is 76.3 Å². The van der Waals surface area contributed by atoms with Gasteiger partial charge in [-0.15, -0.1) is 0 Å². The number of nitrogens with zero attached hydrogens (tertiary/aromatic N) is 2. The Bertz CT molecular complexity index is 2300. The van der Waals surface area contributed by atoms with E-state index in [-0.39, 0.29) is 20.1 Å². The van der Waals surface area contributed by atoms with E-state index in [0.717, 1.165) is 38.5 Å². The van der Waals surface area contributed by atoms with Crippen LogP contribution < -0.4 is 0 Å². The standard InChI is InChI=1S/C60H78Cl4N2O4/c1-3-5-7-9-11-13-15-17-19-21-23-25-27-29-31-33-35-65-57(67)41-37-45(61)51-53-47(63)39-43-50-44(40-48(64)54(56(50)53)52-46(62)38-42(58(65)68)49(41)55(51)52)60(70)66(59(43)69)36-34-32-30-28-26-24-22-20-18-16-14-12-10-8-6-4-2/h37-40H,3-36H2,1-2H3. The molecule has 70 heavy (non-hydrogen) atoms. The van der Waals surface area contributed by atoms with Crippen LogP contribution in [0.4, 0.5) is 0 Å². The van der Waals surface area contributed by atoms with Gasteiger partial charge in [-0.3, -0.25) is 29.0 Å². The number of carbonyl (C=O) groups is 4. The third-order valence-electron chi connectivity index (χ3n) is 15.5. The summed E-state index contributed by atoms with van der Waals surface area (Å²) in [5.74, 6) is -1.58. The Kier molecular flexibility index (Phi) is 21.2. The number of fused-ring (bicyclic) bond motifs is 2. The maximum Gasteiger partial charge on any atom is 0.261 e. The molecule has 0 spiro atoms. The molecule has 380 valence electrons. The largest absolute Gasteiger partial charge is 0.274 e. The van der Waals surface area contributed by atoms with E-state index in [1.54, 1.807) is 24.3 Å². The van der Waals surface area contributed by atoms with Gasteiger partial charge in [0.15, 0.2) is 0 Å². The minimum atomic E-state index is -0.394. The molecule has 5 aromatic carbocycles. The van der Waals surface area contributed by atoms with E-state index in [1.807, 2.05) is 0 Å². The first-order valence-corrected chi connectivity index (χ1v) is 29.3. The maximum absolute atomic E-state index is 14.3. The number of hydrogen-bond acceptors (Lipinski definition) is 4. The highest BCUT2D eigenvalue weighted by Gasteiger charge is 2.39. The van der Waals surface area contributed by atoms with Crippen molar-refractivity contribution in [3.8, 4) is 0 Å². The van der Waals surface area contributed by atoms with Crippen molar-refractivity contribution in [1.29, 1.82) is 0 Å². The van der Waals surface area contributed by atoms with E-state index in [9.17, 15) is 19.2 Å². The third-order valence-corrected chi connectivity index (χ3v) is 16.7. The van der Waals surface area contributed by atoms with Gasteiger partial charge in [-0.25, -0.2) is 0 Å². The van der Waals surface area contributed by atoms with Gasteiger partial charge >= 0.3 is 0 Å². The molecule has 10 heteroatoms. The zero-order valence-corrected chi connectivity index (χ0v) is 45.4. The topological polar surface area (TPSA) is 74.8 Å². The second kappa shape index (κ2) is 27.2. The number of carbonyl (C=O) groups excluding carboxylic acids is 4. The van der Waals surface area contributed by atoms with Gasteiger partial charge in [0.05, 0.1) is 22.3 Å². The molecule has 6 nitrogen and oxygen atoms in total. The lowest BCUT2D eigenvalue weighted by atomic mass is 9.82. The summed E-state index contributed by atoms with van der Waals surface area (Å²) < 4.78 is 0. The molecule has 2 aliphatic heterocycles. The highest BCUT2D eigenvalue weighted by atomic mass is 35.5. The highest BCUT2D eigenvalue weighted by molar-refractivity contribution is 6.56. The van der Waals surface area contributed by atoms with Crippen LogP contribution in [0.25, 0.3) is 43.1 Å². The van der Waals surface area contributed by atoms with Gasteiger partial charge in [0.2, 0.25) is 0 Å². The van der Waals surface area contributed by atoms with E-state index < -0.39 is 23.6 Å². The van der Waals surface area contributed by atoms with Crippen molar-refractivity contribution in [3.05, 3.63) is 66.6 Å². The molecule has 7 rings (SSSR count). The molecule has 4 amide bonds. The summed E-state index contributed by atoms with van der Waals surface area (Å²) in [6.07, 6.45) is 39.7. The molecule has 2 heterocycles. The Labute approximate surface area is 438 Å². The minimum absolute atomic E-state index is 0.255. The van der Waals surface area contributed by atoms with Crippen LogP contribution >= 0.6 is 46.4 Å². The van der Waals surface area contributed by atoms with Crippen LogP contribution in [0.5, 0.6) is 0 Å². The van der Waals surface area contributed by atoms with E-state index in [4.69, 9.17) is 46.4 Å². The van der Waals surface area contributed by atoms with Gasteiger partial charge in [-0.05, 0) is 37.1 Å². The SMILES string of the molecule is CCCCCCCCCCCCCCCCCCN1C(=O)c2cc(Cl)c3c4c(Cl)cc5c6c(cc(Cl)c(c7c(Cl)cc(c2c37)C1=O)c64)C(=O)N(CCCCCCCCCCCCCCCCCC)C5=O. The number of rotatable bonds is 34. The molecule has 0 saturated carbocycles. The van der Waals surface area contributed by atoms with Crippen molar-refractivity contribution in [2.24, 2.45) is 0 Å². The number of unbranched alkanes of at least 4 members (excludes halogenated alkanes) is 30. The Morgan fingerprint density at radius 2 is 0.457 bits per heavy atom. The van der Waals surface area contributed by atoms with Crippen LogP contribution in [-0.2, 0) is 0 Å². The molecule has 5 aromatic rings. The van der Waals surface area contributed by atoms with Gasteiger partial charge in [0.25, 0.3) is 23.6 Å². The summed E-state index contributed by atoms with van der Waals surface area (Å²) in [6, 6.07) is 6.52. The minimum Gasteiger partial charge on any atom is -0.274 e. The van der Waals surface area contributed by atoms with Crippen LogP contribution in [0, 0.1) is 0 Å². The first kappa shape index (κ1) is 54.6. The molecule has 0 fully saturated rings. The fourth-order valence-corrected chi connectivity index (χ4v) is 12.8. The van der Waals surface area contributed by atoms with Crippen LogP contribution in [0.3, 0.4) is 0 Å². The predicted octanol–water partition coefficient (Wildman–Crippen LogP) is 20.1. The fourth-order valence-electron chi connectivity index (χ4n) is 11.6. The summed E-state index contributed by atoms with van der Waals surface area (Å²) in [4.78, 5) is 59.8. The molecule has 0 bridgehead atoms. The quantitative estimate of drug-likeness (QED) is 0.0178. The van der Waals surface area contributed by atoms with Crippen LogP contribution in [0.2, 0.25) is 20.1 Å².